The molecule has 3 heterocycles. The second-order valence-electron chi connectivity index (χ2n) is 10.7. The molecule has 0 fully saturated rings. The number of hydrogen-bond acceptors (Lipinski definition) is 6. The maximum Gasteiger partial charge on any atom is 0.506 e. The first-order valence-corrected chi connectivity index (χ1v) is 13.5. The van der Waals surface area contributed by atoms with Crippen molar-refractivity contribution in [2.75, 3.05) is 0 Å². The first-order valence-electron chi connectivity index (χ1n) is 13.5. The summed E-state index contributed by atoms with van der Waals surface area (Å²) in [5.74, 6) is 0.679. The topological polar surface area (TPSA) is 108 Å². The largest absolute Gasteiger partial charge is 0.506 e. The van der Waals surface area contributed by atoms with Crippen LogP contribution < -0.4 is 10.3 Å². The van der Waals surface area contributed by atoms with Gasteiger partial charge in [-0.1, -0.05) is 45.0 Å². The highest BCUT2D eigenvalue weighted by Crippen LogP contribution is 2.37. The number of ether oxygens (including phenoxy) is 2. The van der Waals surface area contributed by atoms with Gasteiger partial charge in [-0.3, -0.25) is 9.59 Å². The highest BCUT2D eigenvalue weighted by molar-refractivity contribution is 5.89. The van der Waals surface area contributed by atoms with Gasteiger partial charge in [-0.05, 0) is 72.2 Å². The van der Waals surface area contributed by atoms with E-state index in [4.69, 9.17) is 14.8 Å². The van der Waals surface area contributed by atoms with Crippen LogP contribution in [0, 0.1) is 12.8 Å². The summed E-state index contributed by atoms with van der Waals surface area (Å²) in [5, 5.41) is 9.75. The van der Waals surface area contributed by atoms with Gasteiger partial charge in [-0.2, -0.15) is 0 Å². The average Bonchev–Trinajstić information content (AvgIpc) is 3.26. The third kappa shape index (κ3) is 5.34. The van der Waals surface area contributed by atoms with Crippen LogP contribution >= 0.6 is 0 Å². The lowest BCUT2D eigenvalue weighted by Gasteiger charge is -2.12. The Bertz CT molecular complexity index is 1690. The summed E-state index contributed by atoms with van der Waals surface area (Å²) in [6.45, 7) is 8.19. The first-order chi connectivity index (χ1) is 19.1. The Hall–Kier alpha value is -4.46. The Labute approximate surface area is 232 Å². The molecule has 0 aliphatic carbocycles. The summed E-state index contributed by atoms with van der Waals surface area (Å²) < 4.78 is 12.0. The van der Waals surface area contributed by atoms with Gasteiger partial charge in [0.1, 0.15) is 12.4 Å². The number of hydrogen-bond donors (Lipinski definition) is 1. The Morgan fingerprint density at radius 3 is 2.45 bits per heavy atom. The molecule has 1 aliphatic rings. The zero-order valence-corrected chi connectivity index (χ0v) is 23.1. The second kappa shape index (κ2) is 11.0. The van der Waals surface area contributed by atoms with E-state index >= 15 is 0 Å². The molecular weight excluding hydrogens is 508 g/mol. The van der Waals surface area contributed by atoms with Crippen LogP contribution in [0.1, 0.15) is 54.2 Å². The molecule has 8 heteroatoms. The van der Waals surface area contributed by atoms with Crippen molar-refractivity contribution in [3.8, 4) is 17.1 Å². The SMILES string of the molecule is CCc1c2c(nc3ccc(OC(=O)Cc4ccc(CC(C)C)cc4)cc13)-c1cc(C)c(COC(=O)O)c(=O)n1C2. The molecule has 0 saturated carbocycles. The number of aryl methyl sites for hydroxylation is 2. The van der Waals surface area contributed by atoms with Gasteiger partial charge in [-0.25, -0.2) is 9.78 Å². The minimum atomic E-state index is -1.43. The quantitative estimate of drug-likeness (QED) is 0.195. The van der Waals surface area contributed by atoms with Crippen molar-refractivity contribution < 1.29 is 24.2 Å². The third-order valence-corrected chi connectivity index (χ3v) is 7.30. The maximum absolute atomic E-state index is 13.3. The van der Waals surface area contributed by atoms with Crippen LogP contribution in [0.5, 0.6) is 5.75 Å². The summed E-state index contributed by atoms with van der Waals surface area (Å²) >= 11 is 0. The van der Waals surface area contributed by atoms with E-state index in [0.717, 1.165) is 39.7 Å². The number of nitrogens with zero attached hydrogens (tertiary/aromatic N) is 2. The number of carbonyl (C=O) groups is 2. The smallest absolute Gasteiger partial charge is 0.450 e. The van der Waals surface area contributed by atoms with Crippen molar-refractivity contribution in [3.05, 3.63) is 92.3 Å². The van der Waals surface area contributed by atoms with E-state index < -0.39 is 6.16 Å². The van der Waals surface area contributed by atoms with Crippen molar-refractivity contribution in [1.29, 1.82) is 0 Å². The molecule has 40 heavy (non-hydrogen) atoms. The minimum absolute atomic E-state index is 0.175. The van der Waals surface area contributed by atoms with E-state index in [2.05, 4.69) is 30.7 Å². The van der Waals surface area contributed by atoms with Gasteiger partial charge in [-0.15, -0.1) is 0 Å². The fraction of sp³-hybridized carbons (Fsp3) is 0.312. The standard InChI is InChI=1S/C32H32N2O6/c1-5-23-24-15-22(40-29(35)14-21-8-6-20(7-9-21)12-18(2)3)10-11-27(24)33-30-25(23)16-34-28(30)13-19(4)26(31(34)36)17-39-32(37)38/h6-11,13,15,18H,5,12,14,16-17H2,1-4H3,(H,37,38). The number of carbonyl (C=O) groups excluding carboxylic acids is 1. The van der Waals surface area contributed by atoms with Crippen molar-refractivity contribution in [2.24, 2.45) is 5.92 Å². The average molecular weight is 541 g/mol. The van der Waals surface area contributed by atoms with Crippen molar-refractivity contribution in [1.82, 2.24) is 9.55 Å². The van der Waals surface area contributed by atoms with Crippen LogP contribution in [-0.4, -0.2) is 26.8 Å². The van der Waals surface area contributed by atoms with Crippen molar-refractivity contribution in [3.63, 3.8) is 0 Å². The Morgan fingerprint density at radius 2 is 1.77 bits per heavy atom. The summed E-state index contributed by atoms with van der Waals surface area (Å²) in [4.78, 5) is 41.8. The molecule has 0 amide bonds. The zero-order valence-electron chi connectivity index (χ0n) is 23.1. The maximum atomic E-state index is 13.3. The van der Waals surface area contributed by atoms with E-state index in [1.807, 2.05) is 37.3 Å². The monoisotopic (exact) mass is 540 g/mol. The molecule has 2 aromatic heterocycles. The number of benzene rings is 2. The number of esters is 1. The van der Waals surface area contributed by atoms with Gasteiger partial charge < -0.3 is 19.1 Å². The predicted octanol–water partition coefficient (Wildman–Crippen LogP) is 5.84. The van der Waals surface area contributed by atoms with Crippen LogP contribution in [0.4, 0.5) is 4.79 Å². The summed E-state index contributed by atoms with van der Waals surface area (Å²) in [5.41, 5.74) is 6.98. The lowest BCUT2D eigenvalue weighted by atomic mass is 9.98. The summed E-state index contributed by atoms with van der Waals surface area (Å²) in [6, 6.07) is 15.3. The zero-order chi connectivity index (χ0) is 28.6. The van der Waals surface area contributed by atoms with E-state index in [-0.39, 0.29) is 24.6 Å². The number of aromatic nitrogens is 2. The summed E-state index contributed by atoms with van der Waals surface area (Å²) in [7, 11) is 0. The Balaban J connectivity index is 1.42. The van der Waals surface area contributed by atoms with Crippen LogP contribution in [0.25, 0.3) is 22.3 Å². The fourth-order valence-electron chi connectivity index (χ4n) is 5.43. The first kappa shape index (κ1) is 27.1. The molecule has 8 nitrogen and oxygen atoms in total. The molecule has 0 spiro atoms. The van der Waals surface area contributed by atoms with Gasteiger partial charge in [0.2, 0.25) is 0 Å². The van der Waals surface area contributed by atoms with Crippen molar-refractivity contribution in [2.45, 2.75) is 60.1 Å². The number of fused-ring (bicyclic) bond motifs is 4. The predicted molar refractivity (Wildman–Crippen MR) is 152 cm³/mol. The van der Waals surface area contributed by atoms with Gasteiger partial charge in [0, 0.05) is 10.9 Å². The lowest BCUT2D eigenvalue weighted by molar-refractivity contribution is -0.133. The van der Waals surface area contributed by atoms with Gasteiger partial charge in [0.05, 0.1) is 35.4 Å². The molecule has 2 aromatic carbocycles. The van der Waals surface area contributed by atoms with Crippen LogP contribution in [0.2, 0.25) is 0 Å². The highest BCUT2D eigenvalue weighted by atomic mass is 16.7. The van der Waals surface area contributed by atoms with E-state index in [1.54, 1.807) is 17.6 Å². The molecule has 0 saturated heterocycles. The van der Waals surface area contributed by atoms with Crippen LogP contribution in [0.3, 0.4) is 0 Å². The lowest BCUT2D eigenvalue weighted by Crippen LogP contribution is -2.25. The molecule has 0 radical (unpaired) electrons. The van der Waals surface area contributed by atoms with E-state index in [1.165, 1.54) is 5.56 Å². The molecule has 5 rings (SSSR count). The number of pyridine rings is 2. The second-order valence-corrected chi connectivity index (χ2v) is 10.7. The molecule has 0 bridgehead atoms. The molecule has 0 atom stereocenters. The Kier molecular flexibility index (Phi) is 7.43. The van der Waals surface area contributed by atoms with Crippen LogP contribution in [0.15, 0.2) is 53.3 Å². The molecule has 206 valence electrons. The summed E-state index contributed by atoms with van der Waals surface area (Å²) in [6.07, 6.45) is 0.441. The molecule has 1 aliphatic heterocycles. The number of carboxylic acid groups (broad SMARTS) is 1. The number of rotatable bonds is 8. The van der Waals surface area contributed by atoms with Crippen LogP contribution in [-0.2, 0) is 41.9 Å². The molecule has 0 unspecified atom stereocenters. The van der Waals surface area contributed by atoms with Gasteiger partial charge in [0.15, 0.2) is 0 Å². The van der Waals surface area contributed by atoms with Gasteiger partial charge in [0.25, 0.3) is 5.56 Å². The van der Waals surface area contributed by atoms with Gasteiger partial charge >= 0.3 is 12.1 Å². The van der Waals surface area contributed by atoms with E-state index in [0.29, 0.717) is 41.5 Å². The van der Waals surface area contributed by atoms with Crippen molar-refractivity contribution >= 4 is 23.0 Å². The van der Waals surface area contributed by atoms with E-state index in [9.17, 15) is 14.4 Å². The minimum Gasteiger partial charge on any atom is -0.450 e. The molecule has 1 N–H and O–H groups in total. The Morgan fingerprint density at radius 1 is 1.05 bits per heavy atom. The highest BCUT2D eigenvalue weighted by Gasteiger charge is 2.27. The molecular formula is C32H32N2O6. The molecule has 4 aromatic rings. The fourth-order valence-corrected chi connectivity index (χ4v) is 5.43. The third-order valence-electron chi connectivity index (χ3n) is 7.30. The normalized spacial score (nSPS) is 11.9.